The summed E-state index contributed by atoms with van der Waals surface area (Å²) in [5.74, 6) is -0.533. The van der Waals surface area contributed by atoms with Crippen LogP contribution >= 0.6 is 11.6 Å². The first-order chi connectivity index (χ1) is 8.29. The molecule has 2 N–H and O–H groups in total. The molecule has 100 valence electrons. The molecule has 0 saturated heterocycles. The fourth-order valence-electron chi connectivity index (χ4n) is 1.18. The predicted molar refractivity (Wildman–Crippen MR) is 69.6 cm³/mol. The second-order valence-corrected chi connectivity index (χ2v) is 5.08. The van der Waals surface area contributed by atoms with Gasteiger partial charge in [-0.3, -0.25) is 0 Å². The first-order valence-electron chi connectivity index (χ1n) is 5.52. The highest BCUT2D eigenvalue weighted by Gasteiger charge is 2.14. The third kappa shape index (κ3) is 4.89. The van der Waals surface area contributed by atoms with Crippen LogP contribution in [0.4, 0.5) is 5.69 Å². The molecule has 0 aromatic carbocycles. The maximum atomic E-state index is 11.7. The Hall–Kier alpha value is -1.33. The number of carbonyl (C=O) groups is 1. The van der Waals surface area contributed by atoms with E-state index in [0.29, 0.717) is 6.61 Å². The van der Waals surface area contributed by atoms with Gasteiger partial charge in [0.15, 0.2) is 0 Å². The Bertz CT molecular complexity index is 430. The van der Waals surface area contributed by atoms with Crippen LogP contribution in [-0.2, 0) is 9.47 Å². The van der Waals surface area contributed by atoms with Gasteiger partial charge >= 0.3 is 5.97 Å². The minimum absolute atomic E-state index is 0.162. The minimum atomic E-state index is -0.533. The zero-order chi connectivity index (χ0) is 13.8. The molecular formula is C12H17ClN2O3. The fraction of sp³-hybridized carbons (Fsp3) is 0.500. The number of aromatic nitrogens is 1. The lowest BCUT2D eigenvalue weighted by atomic mass is 10.2. The molecule has 6 heteroatoms. The van der Waals surface area contributed by atoms with Crippen LogP contribution in [0.2, 0.25) is 5.15 Å². The Labute approximate surface area is 111 Å². The molecule has 1 aromatic heterocycles. The van der Waals surface area contributed by atoms with Gasteiger partial charge in [-0.15, -0.1) is 0 Å². The van der Waals surface area contributed by atoms with E-state index >= 15 is 0 Å². The molecule has 0 amide bonds. The second kappa shape index (κ2) is 6.02. The Morgan fingerprint density at radius 2 is 2.11 bits per heavy atom. The zero-order valence-electron chi connectivity index (χ0n) is 10.7. The van der Waals surface area contributed by atoms with E-state index in [1.54, 1.807) is 0 Å². The largest absolute Gasteiger partial charge is 0.460 e. The van der Waals surface area contributed by atoms with Crippen molar-refractivity contribution in [3.05, 3.63) is 23.0 Å². The number of nitrogen functional groups attached to an aromatic ring is 1. The maximum Gasteiger partial charge on any atom is 0.340 e. The lowest BCUT2D eigenvalue weighted by Gasteiger charge is -2.19. The van der Waals surface area contributed by atoms with Crippen molar-refractivity contribution in [3.63, 3.8) is 0 Å². The molecule has 0 bridgehead atoms. The molecule has 1 aromatic rings. The Morgan fingerprint density at radius 1 is 1.44 bits per heavy atom. The van der Waals surface area contributed by atoms with Gasteiger partial charge in [0.1, 0.15) is 11.8 Å². The number of halogens is 1. The molecule has 0 radical (unpaired) electrons. The summed E-state index contributed by atoms with van der Waals surface area (Å²) in [5, 5.41) is 0.196. The first-order valence-corrected chi connectivity index (χ1v) is 5.89. The maximum absolute atomic E-state index is 11.7. The van der Waals surface area contributed by atoms with Gasteiger partial charge in [-0.1, -0.05) is 11.6 Å². The Balaban J connectivity index is 2.48. The topological polar surface area (TPSA) is 74.4 Å². The smallest absolute Gasteiger partial charge is 0.340 e. The normalized spacial score (nSPS) is 11.3. The third-order valence-electron chi connectivity index (χ3n) is 1.97. The number of hydrogen-bond acceptors (Lipinski definition) is 5. The number of anilines is 1. The van der Waals surface area contributed by atoms with E-state index in [9.17, 15) is 4.79 Å². The van der Waals surface area contributed by atoms with Gasteiger partial charge in [0.05, 0.1) is 29.7 Å². The fourth-order valence-corrected chi connectivity index (χ4v) is 1.34. The summed E-state index contributed by atoms with van der Waals surface area (Å²) in [4.78, 5) is 15.5. The minimum Gasteiger partial charge on any atom is -0.460 e. The van der Waals surface area contributed by atoms with E-state index in [4.69, 9.17) is 26.8 Å². The van der Waals surface area contributed by atoms with E-state index in [1.807, 2.05) is 20.8 Å². The molecular weight excluding hydrogens is 256 g/mol. The highest BCUT2D eigenvalue weighted by Crippen LogP contribution is 2.16. The van der Waals surface area contributed by atoms with Crippen molar-refractivity contribution in [2.75, 3.05) is 18.9 Å². The number of nitrogens with two attached hydrogens (primary N) is 1. The van der Waals surface area contributed by atoms with Crippen molar-refractivity contribution in [1.29, 1.82) is 0 Å². The summed E-state index contributed by atoms with van der Waals surface area (Å²) in [6.07, 6.45) is 1.32. The van der Waals surface area contributed by atoms with Crippen molar-refractivity contribution in [1.82, 2.24) is 4.98 Å². The van der Waals surface area contributed by atoms with Crippen LogP contribution < -0.4 is 5.73 Å². The number of hydrogen-bond donors (Lipinski definition) is 1. The summed E-state index contributed by atoms with van der Waals surface area (Å²) in [7, 11) is 0. The van der Waals surface area contributed by atoms with Gasteiger partial charge in [-0.05, 0) is 26.8 Å². The van der Waals surface area contributed by atoms with Crippen LogP contribution in [0, 0.1) is 0 Å². The summed E-state index contributed by atoms with van der Waals surface area (Å²) in [6.45, 7) is 6.27. The first kappa shape index (κ1) is 14.7. The highest BCUT2D eigenvalue weighted by molar-refractivity contribution is 6.29. The highest BCUT2D eigenvalue weighted by atomic mass is 35.5. The third-order valence-corrected chi connectivity index (χ3v) is 2.18. The van der Waals surface area contributed by atoms with Crippen LogP contribution in [0.15, 0.2) is 12.3 Å². The van der Waals surface area contributed by atoms with Gasteiger partial charge in [-0.25, -0.2) is 9.78 Å². The van der Waals surface area contributed by atoms with E-state index in [-0.39, 0.29) is 28.6 Å². The number of ether oxygens (including phenoxy) is 2. The van der Waals surface area contributed by atoms with Crippen molar-refractivity contribution in [2.24, 2.45) is 0 Å². The van der Waals surface area contributed by atoms with E-state index in [0.717, 1.165) is 0 Å². The molecule has 18 heavy (non-hydrogen) atoms. The number of nitrogens with zero attached hydrogens (tertiary/aromatic N) is 1. The lowest BCUT2D eigenvalue weighted by Crippen LogP contribution is -2.22. The lowest BCUT2D eigenvalue weighted by molar-refractivity contribution is -0.0281. The van der Waals surface area contributed by atoms with Crippen LogP contribution in [0.3, 0.4) is 0 Å². The molecule has 0 aliphatic heterocycles. The molecule has 0 spiro atoms. The quantitative estimate of drug-likeness (QED) is 0.517. The summed E-state index contributed by atoms with van der Waals surface area (Å²) >= 11 is 5.68. The van der Waals surface area contributed by atoms with Crippen molar-refractivity contribution < 1.29 is 14.3 Å². The SMILES string of the molecule is CC(C)(C)OCCOC(=O)c1cc(Cl)ncc1N. The number of esters is 1. The number of carbonyl (C=O) groups excluding carboxylic acids is 1. The molecule has 1 heterocycles. The molecule has 0 saturated carbocycles. The van der Waals surface area contributed by atoms with Crippen LogP contribution in [0.5, 0.6) is 0 Å². The average molecular weight is 273 g/mol. The zero-order valence-corrected chi connectivity index (χ0v) is 11.5. The average Bonchev–Trinajstić information content (AvgIpc) is 2.26. The molecule has 5 nitrogen and oxygen atoms in total. The number of rotatable bonds is 4. The molecule has 0 atom stereocenters. The summed E-state index contributed by atoms with van der Waals surface area (Å²) < 4.78 is 10.5. The summed E-state index contributed by atoms with van der Waals surface area (Å²) in [5.41, 5.74) is 5.80. The van der Waals surface area contributed by atoms with Gasteiger partial charge in [0.2, 0.25) is 0 Å². The number of pyridine rings is 1. The predicted octanol–water partition coefficient (Wildman–Crippen LogP) is 2.29. The molecule has 0 aliphatic rings. The standard InChI is InChI=1S/C12H17ClN2O3/c1-12(2,3)18-5-4-17-11(16)8-6-10(13)15-7-9(8)14/h6-7H,4-5,14H2,1-3H3. The van der Waals surface area contributed by atoms with Gasteiger partial charge < -0.3 is 15.2 Å². The van der Waals surface area contributed by atoms with Crippen molar-refractivity contribution in [2.45, 2.75) is 26.4 Å². The van der Waals surface area contributed by atoms with Crippen LogP contribution in [0.1, 0.15) is 31.1 Å². The van der Waals surface area contributed by atoms with Crippen molar-refractivity contribution >= 4 is 23.3 Å². The molecule has 1 rings (SSSR count). The molecule has 0 aliphatic carbocycles. The van der Waals surface area contributed by atoms with Gasteiger partial charge in [-0.2, -0.15) is 0 Å². The van der Waals surface area contributed by atoms with E-state index in [2.05, 4.69) is 4.98 Å². The second-order valence-electron chi connectivity index (χ2n) is 4.69. The van der Waals surface area contributed by atoms with Gasteiger partial charge in [0.25, 0.3) is 0 Å². The van der Waals surface area contributed by atoms with Gasteiger partial charge in [0, 0.05) is 0 Å². The van der Waals surface area contributed by atoms with Crippen molar-refractivity contribution in [3.8, 4) is 0 Å². The van der Waals surface area contributed by atoms with Crippen LogP contribution in [0.25, 0.3) is 0 Å². The summed E-state index contributed by atoms with van der Waals surface area (Å²) in [6, 6.07) is 1.38. The molecule has 0 unspecified atom stereocenters. The monoisotopic (exact) mass is 272 g/mol. The van der Waals surface area contributed by atoms with E-state index < -0.39 is 5.97 Å². The molecule has 0 fully saturated rings. The Morgan fingerprint density at radius 3 is 2.72 bits per heavy atom. The van der Waals surface area contributed by atoms with E-state index in [1.165, 1.54) is 12.3 Å². The Kier molecular flexibility index (Phi) is 4.93. The van der Waals surface area contributed by atoms with Crippen LogP contribution in [-0.4, -0.2) is 29.8 Å².